The highest BCUT2D eigenvalue weighted by Crippen LogP contribution is 2.09. The normalized spacial score (nSPS) is 15.6. The molecule has 0 unspecified atom stereocenters. The molecule has 8 nitrogen and oxygen atoms in total. The van der Waals surface area contributed by atoms with Crippen LogP contribution < -0.4 is 11.2 Å². The molecule has 0 aromatic carbocycles. The number of aromatic amines is 1. The Morgan fingerprint density at radius 2 is 1.96 bits per heavy atom. The van der Waals surface area contributed by atoms with E-state index in [9.17, 15) is 14.4 Å². The van der Waals surface area contributed by atoms with E-state index in [1.54, 1.807) is 24.0 Å². The van der Waals surface area contributed by atoms with Gasteiger partial charge in [0.05, 0.1) is 6.26 Å². The van der Waals surface area contributed by atoms with Crippen LogP contribution in [0, 0.1) is 6.92 Å². The number of rotatable bonds is 4. The zero-order valence-corrected chi connectivity index (χ0v) is 13.5. The van der Waals surface area contributed by atoms with Gasteiger partial charge >= 0.3 is 5.69 Å². The number of H-pyrrole nitrogens is 1. The monoisotopic (exact) mass is 332 g/mol. The quantitative estimate of drug-likeness (QED) is 0.844. The number of hydrogen-bond donors (Lipinski definition) is 1. The molecule has 1 aliphatic rings. The lowest BCUT2D eigenvalue weighted by Crippen LogP contribution is -2.50. The molecule has 0 spiro atoms. The molecule has 1 N–H and O–H groups in total. The van der Waals surface area contributed by atoms with Crippen molar-refractivity contribution in [2.45, 2.75) is 13.5 Å². The Hall–Kier alpha value is -2.61. The zero-order valence-electron chi connectivity index (χ0n) is 13.5. The van der Waals surface area contributed by atoms with Gasteiger partial charge in [0.15, 0.2) is 5.76 Å². The Kier molecular flexibility index (Phi) is 4.66. The summed E-state index contributed by atoms with van der Waals surface area (Å²) in [6.45, 7) is 5.20. The fourth-order valence-corrected chi connectivity index (χ4v) is 2.82. The second-order valence-electron chi connectivity index (χ2n) is 5.86. The molecule has 2 aromatic rings. The summed E-state index contributed by atoms with van der Waals surface area (Å²) in [6.07, 6.45) is 1.49. The van der Waals surface area contributed by atoms with Gasteiger partial charge < -0.3 is 14.3 Å². The van der Waals surface area contributed by atoms with Gasteiger partial charge in [0, 0.05) is 51.0 Å². The third-order valence-electron chi connectivity index (χ3n) is 4.19. The molecule has 1 saturated heterocycles. The molecule has 0 atom stereocenters. The van der Waals surface area contributed by atoms with Crippen LogP contribution in [0.2, 0.25) is 0 Å². The number of amides is 1. The minimum absolute atomic E-state index is 0.106. The molecular weight excluding hydrogens is 312 g/mol. The maximum Gasteiger partial charge on any atom is 0.328 e. The number of carbonyl (C=O) groups excluding carboxylic acids is 1. The highest BCUT2D eigenvalue weighted by atomic mass is 16.3. The lowest BCUT2D eigenvalue weighted by atomic mass is 10.3. The average Bonchev–Trinajstić information content (AvgIpc) is 3.08. The van der Waals surface area contributed by atoms with Crippen molar-refractivity contribution in [2.24, 2.45) is 0 Å². The van der Waals surface area contributed by atoms with Gasteiger partial charge in [0.2, 0.25) is 0 Å². The molecule has 8 heteroatoms. The van der Waals surface area contributed by atoms with E-state index >= 15 is 0 Å². The number of aromatic nitrogens is 2. The standard InChI is InChI=1S/C16H20N4O4/c1-12-11-14(21)20(16(23)17-12)9-6-18-4-7-19(8-5-18)15(22)13-3-2-10-24-13/h2-3,10-11H,4-9H2,1H3,(H,17,23). The Morgan fingerprint density at radius 1 is 1.21 bits per heavy atom. The summed E-state index contributed by atoms with van der Waals surface area (Å²) in [7, 11) is 0. The first kappa shape index (κ1) is 16.3. The van der Waals surface area contributed by atoms with E-state index in [-0.39, 0.29) is 17.2 Å². The number of nitrogens with one attached hydrogen (secondary N) is 1. The van der Waals surface area contributed by atoms with Gasteiger partial charge in [-0.15, -0.1) is 0 Å². The summed E-state index contributed by atoms with van der Waals surface area (Å²) >= 11 is 0. The van der Waals surface area contributed by atoms with Crippen molar-refractivity contribution in [1.29, 1.82) is 0 Å². The van der Waals surface area contributed by atoms with Crippen molar-refractivity contribution < 1.29 is 9.21 Å². The van der Waals surface area contributed by atoms with Crippen LogP contribution >= 0.6 is 0 Å². The summed E-state index contributed by atoms with van der Waals surface area (Å²) in [4.78, 5) is 42.4. The molecule has 3 rings (SSSR count). The SMILES string of the molecule is Cc1cc(=O)n(CCN2CCN(C(=O)c3ccco3)CC2)c(=O)[nH]1. The third-order valence-corrected chi connectivity index (χ3v) is 4.19. The van der Waals surface area contributed by atoms with Crippen LogP contribution in [-0.4, -0.2) is 58.0 Å². The molecule has 24 heavy (non-hydrogen) atoms. The number of piperazine rings is 1. The second-order valence-corrected chi connectivity index (χ2v) is 5.86. The number of hydrogen-bond acceptors (Lipinski definition) is 5. The largest absolute Gasteiger partial charge is 0.459 e. The van der Waals surface area contributed by atoms with Gasteiger partial charge in [0.25, 0.3) is 11.5 Å². The molecule has 0 saturated carbocycles. The van der Waals surface area contributed by atoms with E-state index < -0.39 is 0 Å². The van der Waals surface area contributed by atoms with Crippen molar-refractivity contribution in [3.05, 3.63) is 56.8 Å². The summed E-state index contributed by atoms with van der Waals surface area (Å²) in [5.41, 5.74) is -0.110. The average molecular weight is 332 g/mol. The van der Waals surface area contributed by atoms with E-state index in [0.717, 1.165) is 0 Å². The Morgan fingerprint density at radius 3 is 2.58 bits per heavy atom. The molecule has 128 valence electrons. The fourth-order valence-electron chi connectivity index (χ4n) is 2.82. The van der Waals surface area contributed by atoms with E-state index in [1.165, 1.54) is 16.9 Å². The van der Waals surface area contributed by atoms with Crippen LogP contribution in [-0.2, 0) is 6.54 Å². The first-order chi connectivity index (χ1) is 11.5. The predicted molar refractivity (Wildman–Crippen MR) is 87.1 cm³/mol. The Bertz CT molecular complexity index is 782. The molecule has 0 bridgehead atoms. The van der Waals surface area contributed by atoms with Gasteiger partial charge in [-0.05, 0) is 19.1 Å². The number of aryl methyl sites for hydroxylation is 1. The number of furan rings is 1. The lowest BCUT2D eigenvalue weighted by molar-refractivity contribution is 0.0602. The first-order valence-corrected chi connectivity index (χ1v) is 7.90. The maximum absolute atomic E-state index is 12.2. The van der Waals surface area contributed by atoms with E-state index in [2.05, 4.69) is 9.88 Å². The van der Waals surface area contributed by atoms with Crippen molar-refractivity contribution in [3.63, 3.8) is 0 Å². The van der Waals surface area contributed by atoms with Crippen molar-refractivity contribution in [2.75, 3.05) is 32.7 Å². The number of carbonyl (C=O) groups is 1. The molecule has 1 amide bonds. The van der Waals surface area contributed by atoms with Crippen LogP contribution in [0.3, 0.4) is 0 Å². The molecule has 2 aromatic heterocycles. The van der Waals surface area contributed by atoms with Crippen LogP contribution in [0.5, 0.6) is 0 Å². The molecule has 1 aliphatic heterocycles. The first-order valence-electron chi connectivity index (χ1n) is 7.90. The fraction of sp³-hybridized carbons (Fsp3) is 0.438. The zero-order chi connectivity index (χ0) is 17.1. The highest BCUT2D eigenvalue weighted by molar-refractivity contribution is 5.91. The second kappa shape index (κ2) is 6.88. The Balaban J connectivity index is 1.54. The third kappa shape index (κ3) is 3.48. The van der Waals surface area contributed by atoms with Crippen LogP contribution in [0.25, 0.3) is 0 Å². The predicted octanol–water partition coefficient (Wildman–Crippen LogP) is -0.104. The van der Waals surface area contributed by atoms with Gasteiger partial charge in [-0.2, -0.15) is 0 Å². The van der Waals surface area contributed by atoms with Gasteiger partial charge in [-0.25, -0.2) is 4.79 Å². The van der Waals surface area contributed by atoms with Crippen molar-refractivity contribution in [3.8, 4) is 0 Å². The highest BCUT2D eigenvalue weighted by Gasteiger charge is 2.23. The summed E-state index contributed by atoms with van der Waals surface area (Å²) < 4.78 is 6.34. The maximum atomic E-state index is 12.2. The minimum atomic E-state index is -0.383. The Labute approximate surface area is 138 Å². The molecule has 1 fully saturated rings. The van der Waals surface area contributed by atoms with Gasteiger partial charge in [0.1, 0.15) is 0 Å². The van der Waals surface area contributed by atoms with Gasteiger partial charge in [-0.1, -0.05) is 0 Å². The molecule has 0 aliphatic carbocycles. The van der Waals surface area contributed by atoms with E-state index in [1.807, 2.05) is 0 Å². The van der Waals surface area contributed by atoms with Crippen LogP contribution in [0.1, 0.15) is 16.2 Å². The van der Waals surface area contributed by atoms with Crippen LogP contribution in [0.15, 0.2) is 38.5 Å². The lowest BCUT2D eigenvalue weighted by Gasteiger charge is -2.34. The summed E-state index contributed by atoms with van der Waals surface area (Å²) in [5.74, 6) is 0.243. The van der Waals surface area contributed by atoms with Crippen molar-refractivity contribution >= 4 is 5.91 Å². The topological polar surface area (TPSA) is 91.6 Å². The van der Waals surface area contributed by atoms with Crippen LogP contribution in [0.4, 0.5) is 0 Å². The summed E-state index contributed by atoms with van der Waals surface area (Å²) in [6, 6.07) is 4.77. The number of nitrogens with zero attached hydrogens (tertiary/aromatic N) is 3. The molecular formula is C16H20N4O4. The smallest absolute Gasteiger partial charge is 0.328 e. The summed E-state index contributed by atoms with van der Waals surface area (Å²) in [5, 5.41) is 0. The molecule has 3 heterocycles. The van der Waals surface area contributed by atoms with Crippen molar-refractivity contribution in [1.82, 2.24) is 19.4 Å². The van der Waals surface area contributed by atoms with E-state index in [4.69, 9.17) is 4.42 Å². The molecule has 0 radical (unpaired) electrons. The van der Waals surface area contributed by atoms with Gasteiger partial charge in [-0.3, -0.25) is 19.1 Å². The minimum Gasteiger partial charge on any atom is -0.459 e. The van der Waals surface area contributed by atoms with E-state index in [0.29, 0.717) is 50.7 Å².